The average molecular weight is 668 g/mol. The first-order chi connectivity index (χ1) is 23.8. The van der Waals surface area contributed by atoms with Crippen molar-refractivity contribution in [2.45, 2.75) is 140 Å². The number of fused-ring (bicyclic) bond motifs is 6. The monoisotopic (exact) mass is 667 g/mol. The lowest BCUT2D eigenvalue weighted by atomic mass is 9.47. The minimum Gasteiger partial charge on any atom is -0.393 e. The van der Waals surface area contributed by atoms with E-state index in [0.29, 0.717) is 58.8 Å². The molecule has 2 saturated heterocycles. The number of benzene rings is 1. The molecule has 7 aliphatic carbocycles. The SMILES string of the molecule is C[C@@H]1CC[C@H]2N(C1)C[C@H]1[C@H]3C4C=CC[C@@]56CC[C@H](O)C[C@H]5[C@@H](O)C[C@H]([C@H]3CC[C@H]1[C@@]2(O)[C@@H]1CCC[C@@]2(CC[C@@H](Cc3ccccc3)C2)C1)[C@H]46. The first-order valence-corrected chi connectivity index (χ1v) is 21.3. The molecule has 4 nitrogen and oxygen atoms in total. The van der Waals surface area contributed by atoms with Crippen molar-refractivity contribution in [3.05, 3.63) is 48.0 Å². The fraction of sp³-hybridized carbons (Fsp3) is 0.822. The highest BCUT2D eigenvalue weighted by Crippen LogP contribution is 2.72. The van der Waals surface area contributed by atoms with Crippen molar-refractivity contribution in [1.29, 1.82) is 0 Å². The second-order valence-corrected chi connectivity index (χ2v) is 20.2. The molecule has 2 spiro atoms. The Kier molecular flexibility index (Phi) is 7.89. The number of aliphatic hydroxyl groups excluding tert-OH is 2. The quantitative estimate of drug-likeness (QED) is 0.286. The van der Waals surface area contributed by atoms with Gasteiger partial charge in [0.15, 0.2) is 0 Å². The second kappa shape index (κ2) is 11.9. The predicted octanol–water partition coefficient (Wildman–Crippen LogP) is 8.04. The molecule has 268 valence electrons. The highest BCUT2D eigenvalue weighted by atomic mass is 16.3. The van der Waals surface area contributed by atoms with Crippen molar-refractivity contribution < 1.29 is 15.3 Å². The Balaban J connectivity index is 0.973. The first kappa shape index (κ1) is 32.5. The smallest absolute Gasteiger partial charge is 0.0861 e. The minimum atomic E-state index is -0.570. The summed E-state index contributed by atoms with van der Waals surface area (Å²) >= 11 is 0. The Morgan fingerprint density at radius 3 is 2.57 bits per heavy atom. The van der Waals surface area contributed by atoms with Crippen molar-refractivity contribution >= 4 is 0 Å². The van der Waals surface area contributed by atoms with Crippen LogP contribution in [0.1, 0.15) is 115 Å². The van der Waals surface area contributed by atoms with Gasteiger partial charge in [0.05, 0.1) is 17.8 Å². The van der Waals surface area contributed by atoms with Crippen LogP contribution in [0, 0.1) is 75.9 Å². The molecule has 2 aliphatic heterocycles. The number of hydrogen-bond donors (Lipinski definition) is 3. The van der Waals surface area contributed by atoms with E-state index in [1.807, 2.05) is 0 Å². The number of nitrogens with zero attached hydrogens (tertiary/aromatic N) is 1. The molecular formula is C45H65NO3. The molecule has 1 unspecified atom stereocenters. The summed E-state index contributed by atoms with van der Waals surface area (Å²) in [6.07, 6.45) is 25.0. The average Bonchev–Trinajstić information content (AvgIpc) is 3.64. The second-order valence-electron chi connectivity index (χ2n) is 20.2. The molecule has 9 aliphatic rings. The summed E-state index contributed by atoms with van der Waals surface area (Å²) in [5.41, 5.74) is 1.55. The fourth-order valence-corrected chi connectivity index (χ4v) is 16.7. The van der Waals surface area contributed by atoms with Gasteiger partial charge in [0.2, 0.25) is 0 Å². The highest BCUT2D eigenvalue weighted by molar-refractivity contribution is 5.25. The van der Waals surface area contributed by atoms with Gasteiger partial charge in [-0.3, -0.25) is 4.90 Å². The first-order valence-electron chi connectivity index (χ1n) is 21.3. The molecule has 0 radical (unpaired) electrons. The van der Waals surface area contributed by atoms with E-state index in [1.165, 1.54) is 95.7 Å². The number of piperidine rings is 2. The summed E-state index contributed by atoms with van der Waals surface area (Å²) in [6, 6.07) is 11.6. The van der Waals surface area contributed by atoms with E-state index >= 15 is 0 Å². The van der Waals surface area contributed by atoms with Crippen LogP contribution in [0.25, 0.3) is 0 Å². The maximum atomic E-state index is 13.9. The van der Waals surface area contributed by atoms with Crippen LogP contribution in [0.5, 0.6) is 0 Å². The third-order valence-corrected chi connectivity index (χ3v) is 18.2. The van der Waals surface area contributed by atoms with Gasteiger partial charge in [0, 0.05) is 19.1 Å². The van der Waals surface area contributed by atoms with Gasteiger partial charge in [-0.1, -0.05) is 55.8 Å². The van der Waals surface area contributed by atoms with Crippen LogP contribution in [0.4, 0.5) is 0 Å². The van der Waals surface area contributed by atoms with E-state index in [1.54, 1.807) is 0 Å². The molecule has 8 fully saturated rings. The Hall–Kier alpha value is -1.20. The molecule has 0 aromatic heterocycles. The summed E-state index contributed by atoms with van der Waals surface area (Å²) in [4.78, 5) is 2.87. The van der Waals surface area contributed by atoms with Crippen molar-refractivity contribution in [3.8, 4) is 0 Å². The van der Waals surface area contributed by atoms with E-state index in [4.69, 9.17) is 0 Å². The van der Waals surface area contributed by atoms with E-state index in [0.717, 1.165) is 43.9 Å². The van der Waals surface area contributed by atoms with Gasteiger partial charge < -0.3 is 15.3 Å². The maximum Gasteiger partial charge on any atom is 0.0861 e. The maximum absolute atomic E-state index is 13.9. The lowest BCUT2D eigenvalue weighted by Gasteiger charge is -2.64. The van der Waals surface area contributed by atoms with E-state index in [-0.39, 0.29) is 23.5 Å². The van der Waals surface area contributed by atoms with Gasteiger partial charge >= 0.3 is 0 Å². The Morgan fingerprint density at radius 2 is 1.69 bits per heavy atom. The van der Waals surface area contributed by atoms with E-state index in [9.17, 15) is 15.3 Å². The van der Waals surface area contributed by atoms with Crippen LogP contribution >= 0.6 is 0 Å². The van der Waals surface area contributed by atoms with Gasteiger partial charge in [0.25, 0.3) is 0 Å². The normalized spacial score (nSPS) is 54.9. The molecule has 3 N–H and O–H groups in total. The Labute approximate surface area is 296 Å². The summed E-state index contributed by atoms with van der Waals surface area (Å²) in [6.45, 7) is 4.82. The lowest BCUT2D eigenvalue weighted by Crippen LogP contribution is -2.71. The molecule has 6 saturated carbocycles. The van der Waals surface area contributed by atoms with Crippen LogP contribution in [0.3, 0.4) is 0 Å². The zero-order valence-electron chi connectivity index (χ0n) is 30.3. The largest absolute Gasteiger partial charge is 0.393 e. The van der Waals surface area contributed by atoms with Crippen LogP contribution in [-0.2, 0) is 6.42 Å². The van der Waals surface area contributed by atoms with Gasteiger partial charge in [-0.2, -0.15) is 0 Å². The number of aliphatic hydroxyl groups is 3. The van der Waals surface area contributed by atoms with E-state index < -0.39 is 5.60 Å². The van der Waals surface area contributed by atoms with Gasteiger partial charge in [-0.15, -0.1) is 0 Å². The predicted molar refractivity (Wildman–Crippen MR) is 194 cm³/mol. The number of hydrogen-bond acceptors (Lipinski definition) is 4. The van der Waals surface area contributed by atoms with Crippen LogP contribution in [0.15, 0.2) is 42.5 Å². The zero-order chi connectivity index (χ0) is 33.1. The molecule has 49 heavy (non-hydrogen) atoms. The standard InChI is InChI=1S/C45H65NO3/c1-28-11-14-40-45(49,31-9-5-17-43(25-31)19-15-30(24-43)21-29-7-3-2-4-8-29)37-13-12-33-35-23-39(48)38-22-32(47)16-20-44(38)18-6-10-34(42(35)44)41(33)36(37)27-46(40)26-28/h2-4,6-8,10,28,30-42,47-49H,5,9,11-27H2,1H3/t28-,30+,31-,32+,33-,34?,35-,36-,37-,38+,39+,40-,41-,42+,43+,44-,45+/m1/s1. The van der Waals surface area contributed by atoms with Crippen molar-refractivity contribution in [1.82, 2.24) is 4.90 Å². The zero-order valence-corrected chi connectivity index (χ0v) is 30.3. The fourth-order valence-electron chi connectivity index (χ4n) is 16.7. The van der Waals surface area contributed by atoms with Gasteiger partial charge in [-0.05, 0) is 184 Å². The van der Waals surface area contributed by atoms with Crippen LogP contribution in [0.2, 0.25) is 0 Å². The topological polar surface area (TPSA) is 63.9 Å². The number of allylic oxidation sites excluding steroid dienone is 2. The third-order valence-electron chi connectivity index (χ3n) is 18.2. The van der Waals surface area contributed by atoms with Gasteiger partial charge in [-0.25, -0.2) is 0 Å². The van der Waals surface area contributed by atoms with Gasteiger partial charge in [0.1, 0.15) is 0 Å². The molecule has 0 amide bonds. The van der Waals surface area contributed by atoms with Crippen molar-refractivity contribution in [3.63, 3.8) is 0 Å². The molecule has 2 heterocycles. The molecule has 4 heteroatoms. The van der Waals surface area contributed by atoms with Crippen LogP contribution < -0.4 is 0 Å². The third kappa shape index (κ3) is 4.88. The Bertz CT molecular complexity index is 1410. The van der Waals surface area contributed by atoms with Crippen molar-refractivity contribution in [2.24, 2.45) is 75.9 Å². The Morgan fingerprint density at radius 1 is 0.816 bits per heavy atom. The molecule has 0 bridgehead atoms. The van der Waals surface area contributed by atoms with Crippen molar-refractivity contribution in [2.75, 3.05) is 13.1 Å². The van der Waals surface area contributed by atoms with E-state index in [2.05, 4.69) is 54.3 Å². The molecule has 10 rings (SSSR count). The molecule has 1 aromatic carbocycles. The summed E-state index contributed by atoms with van der Waals surface area (Å²) in [7, 11) is 0. The molecular weight excluding hydrogens is 602 g/mol. The van der Waals surface area contributed by atoms with Crippen LogP contribution in [-0.4, -0.2) is 57.2 Å². The molecule has 1 aromatic rings. The molecule has 17 atom stereocenters. The highest BCUT2D eigenvalue weighted by Gasteiger charge is 2.70. The minimum absolute atomic E-state index is 0.176. The summed E-state index contributed by atoms with van der Waals surface area (Å²) in [5.74, 6) is 6.40. The summed E-state index contributed by atoms with van der Waals surface area (Å²) < 4.78 is 0. The summed E-state index contributed by atoms with van der Waals surface area (Å²) in [5, 5.41) is 36.4. The number of rotatable bonds is 3. The lowest BCUT2D eigenvalue weighted by molar-refractivity contribution is -0.222.